The largest absolute Gasteiger partial charge is 0.481 e. The van der Waals surface area contributed by atoms with E-state index in [1.54, 1.807) is 18.9 Å². The van der Waals surface area contributed by atoms with Crippen molar-refractivity contribution in [2.24, 2.45) is 5.41 Å². The molecule has 20 heavy (non-hydrogen) atoms. The van der Waals surface area contributed by atoms with E-state index < -0.39 is 11.4 Å². The first-order valence-corrected chi connectivity index (χ1v) is 7.22. The summed E-state index contributed by atoms with van der Waals surface area (Å²) >= 11 is 0. The number of carbonyl (C=O) groups is 2. The van der Waals surface area contributed by atoms with Gasteiger partial charge in [0.1, 0.15) is 0 Å². The Balaban J connectivity index is 2.48. The van der Waals surface area contributed by atoms with Gasteiger partial charge < -0.3 is 20.2 Å². The number of piperidine rings is 1. The van der Waals surface area contributed by atoms with E-state index in [4.69, 9.17) is 0 Å². The third-order valence-corrected chi connectivity index (χ3v) is 4.48. The summed E-state index contributed by atoms with van der Waals surface area (Å²) in [6, 6.07) is 0.0596. The molecule has 1 fully saturated rings. The molecule has 0 aromatic heterocycles. The molecule has 0 bridgehead atoms. The molecular formula is C14H27N3O3. The number of nitrogens with one attached hydrogen (secondary N) is 1. The molecule has 0 aromatic rings. The molecule has 1 aliphatic heterocycles. The molecule has 116 valence electrons. The van der Waals surface area contributed by atoms with Gasteiger partial charge in [-0.2, -0.15) is 0 Å². The lowest BCUT2D eigenvalue weighted by molar-refractivity contribution is -0.147. The summed E-state index contributed by atoms with van der Waals surface area (Å²) in [5.41, 5.74) is -0.900. The van der Waals surface area contributed by atoms with Crippen LogP contribution in [-0.4, -0.2) is 66.7 Å². The Kier molecular flexibility index (Phi) is 5.80. The van der Waals surface area contributed by atoms with E-state index in [9.17, 15) is 14.7 Å². The Morgan fingerprint density at radius 2 is 1.95 bits per heavy atom. The fraction of sp³-hybridized carbons (Fsp3) is 0.857. The number of hydrogen-bond donors (Lipinski definition) is 2. The van der Waals surface area contributed by atoms with Crippen molar-refractivity contribution in [2.45, 2.75) is 39.2 Å². The van der Waals surface area contributed by atoms with Crippen LogP contribution in [-0.2, 0) is 4.79 Å². The summed E-state index contributed by atoms with van der Waals surface area (Å²) in [6.45, 7) is 5.62. The van der Waals surface area contributed by atoms with Crippen molar-refractivity contribution in [3.05, 3.63) is 0 Å². The van der Waals surface area contributed by atoms with Gasteiger partial charge in [0.25, 0.3) is 0 Å². The number of nitrogens with zero attached hydrogens (tertiary/aromatic N) is 2. The Labute approximate surface area is 121 Å². The monoisotopic (exact) mass is 285 g/mol. The summed E-state index contributed by atoms with van der Waals surface area (Å²) in [5.74, 6) is -0.873. The van der Waals surface area contributed by atoms with E-state index in [1.165, 1.54) is 0 Å². The van der Waals surface area contributed by atoms with E-state index in [2.05, 4.69) is 17.3 Å². The van der Waals surface area contributed by atoms with Crippen molar-refractivity contribution in [1.82, 2.24) is 15.1 Å². The number of hydrogen-bond acceptors (Lipinski definition) is 3. The Hall–Kier alpha value is -1.30. The molecule has 6 nitrogen and oxygen atoms in total. The summed E-state index contributed by atoms with van der Waals surface area (Å²) < 4.78 is 0. The van der Waals surface area contributed by atoms with E-state index in [1.807, 2.05) is 6.92 Å². The van der Waals surface area contributed by atoms with Crippen LogP contribution in [0.4, 0.5) is 4.79 Å². The zero-order chi connectivity index (χ0) is 15.3. The predicted octanol–water partition coefficient (Wildman–Crippen LogP) is 1.22. The van der Waals surface area contributed by atoms with Crippen LogP contribution >= 0.6 is 0 Å². The van der Waals surface area contributed by atoms with E-state index >= 15 is 0 Å². The van der Waals surface area contributed by atoms with Crippen LogP contribution in [0, 0.1) is 5.41 Å². The van der Waals surface area contributed by atoms with Crippen LogP contribution in [0.25, 0.3) is 0 Å². The van der Waals surface area contributed by atoms with Gasteiger partial charge in [-0.15, -0.1) is 0 Å². The maximum Gasteiger partial charge on any atom is 0.317 e. The molecule has 0 aromatic carbocycles. The van der Waals surface area contributed by atoms with Crippen molar-refractivity contribution in [3.63, 3.8) is 0 Å². The SMILES string of the molecule is CCC(C)(CNC(=O)N(C)C1CCN(C)CC1)C(=O)O. The highest BCUT2D eigenvalue weighted by Crippen LogP contribution is 2.20. The number of carboxylic acids is 1. The van der Waals surface area contributed by atoms with Crippen LogP contribution in [0.2, 0.25) is 0 Å². The van der Waals surface area contributed by atoms with Crippen LogP contribution in [0.5, 0.6) is 0 Å². The maximum atomic E-state index is 12.1. The topological polar surface area (TPSA) is 72.9 Å². The highest BCUT2D eigenvalue weighted by Gasteiger charge is 2.32. The number of rotatable bonds is 5. The summed E-state index contributed by atoms with van der Waals surface area (Å²) in [7, 11) is 3.87. The minimum Gasteiger partial charge on any atom is -0.481 e. The lowest BCUT2D eigenvalue weighted by Crippen LogP contribution is -2.50. The summed E-state index contributed by atoms with van der Waals surface area (Å²) in [4.78, 5) is 27.3. The molecule has 1 atom stereocenters. The molecule has 6 heteroatoms. The second-order valence-electron chi connectivity index (χ2n) is 6.02. The van der Waals surface area contributed by atoms with E-state index in [0.717, 1.165) is 25.9 Å². The van der Waals surface area contributed by atoms with Gasteiger partial charge in [-0.05, 0) is 46.3 Å². The number of likely N-dealkylation sites (tertiary alicyclic amines) is 1. The van der Waals surface area contributed by atoms with Gasteiger partial charge in [0.05, 0.1) is 5.41 Å². The van der Waals surface area contributed by atoms with Crippen molar-refractivity contribution in [1.29, 1.82) is 0 Å². The quantitative estimate of drug-likeness (QED) is 0.796. The van der Waals surface area contributed by atoms with Gasteiger partial charge in [0.15, 0.2) is 0 Å². The zero-order valence-electron chi connectivity index (χ0n) is 13.0. The van der Waals surface area contributed by atoms with Crippen molar-refractivity contribution in [2.75, 3.05) is 33.7 Å². The Morgan fingerprint density at radius 1 is 1.40 bits per heavy atom. The molecule has 0 spiro atoms. The second kappa shape index (κ2) is 6.92. The molecule has 1 rings (SSSR count). The molecule has 2 amide bonds. The predicted molar refractivity (Wildman–Crippen MR) is 77.7 cm³/mol. The van der Waals surface area contributed by atoms with Crippen molar-refractivity contribution < 1.29 is 14.7 Å². The number of amides is 2. The average Bonchev–Trinajstić information content (AvgIpc) is 2.44. The Morgan fingerprint density at radius 3 is 2.40 bits per heavy atom. The lowest BCUT2D eigenvalue weighted by Gasteiger charge is -2.35. The van der Waals surface area contributed by atoms with Gasteiger partial charge in [-0.25, -0.2) is 4.79 Å². The highest BCUT2D eigenvalue weighted by molar-refractivity contribution is 5.77. The van der Waals surface area contributed by atoms with Crippen molar-refractivity contribution in [3.8, 4) is 0 Å². The lowest BCUT2D eigenvalue weighted by atomic mass is 9.88. The first kappa shape index (κ1) is 16.8. The van der Waals surface area contributed by atoms with E-state index in [0.29, 0.717) is 6.42 Å². The zero-order valence-corrected chi connectivity index (χ0v) is 13.0. The summed E-state index contributed by atoms with van der Waals surface area (Å²) in [6.07, 6.45) is 2.41. The molecule has 0 radical (unpaired) electrons. The van der Waals surface area contributed by atoms with Crippen LogP contribution in [0.3, 0.4) is 0 Å². The maximum absolute atomic E-state index is 12.1. The van der Waals surface area contributed by atoms with Gasteiger partial charge in [0.2, 0.25) is 0 Å². The first-order valence-electron chi connectivity index (χ1n) is 7.22. The minimum atomic E-state index is -0.900. The van der Waals surface area contributed by atoms with E-state index in [-0.39, 0.29) is 18.6 Å². The molecule has 1 aliphatic rings. The number of aliphatic carboxylic acids is 1. The average molecular weight is 285 g/mol. The molecule has 1 unspecified atom stereocenters. The Bertz CT molecular complexity index is 354. The highest BCUT2D eigenvalue weighted by atomic mass is 16.4. The molecule has 0 aliphatic carbocycles. The standard InChI is InChI=1S/C14H27N3O3/c1-5-14(2,12(18)19)10-15-13(20)17(4)11-6-8-16(3)9-7-11/h11H,5-10H2,1-4H3,(H,15,20)(H,18,19). The number of urea groups is 1. The normalized spacial score (nSPS) is 20.2. The summed E-state index contributed by atoms with van der Waals surface area (Å²) in [5, 5.41) is 11.9. The molecular weight excluding hydrogens is 258 g/mol. The van der Waals surface area contributed by atoms with Crippen molar-refractivity contribution >= 4 is 12.0 Å². The first-order chi connectivity index (χ1) is 9.30. The number of carboxylic acid groups (broad SMARTS) is 1. The third kappa shape index (κ3) is 4.10. The van der Waals surface area contributed by atoms with Gasteiger partial charge >= 0.3 is 12.0 Å². The number of carbonyl (C=O) groups excluding carboxylic acids is 1. The smallest absolute Gasteiger partial charge is 0.317 e. The third-order valence-electron chi connectivity index (χ3n) is 4.48. The van der Waals surface area contributed by atoms with Gasteiger partial charge in [-0.1, -0.05) is 6.92 Å². The fourth-order valence-electron chi connectivity index (χ4n) is 2.30. The second-order valence-corrected chi connectivity index (χ2v) is 6.02. The molecule has 1 saturated heterocycles. The minimum absolute atomic E-state index is 0.161. The van der Waals surface area contributed by atoms with Crippen LogP contribution < -0.4 is 5.32 Å². The molecule has 1 heterocycles. The van der Waals surface area contributed by atoms with Crippen LogP contribution in [0.1, 0.15) is 33.1 Å². The van der Waals surface area contributed by atoms with Crippen LogP contribution in [0.15, 0.2) is 0 Å². The molecule has 2 N–H and O–H groups in total. The van der Waals surface area contributed by atoms with Gasteiger partial charge in [0, 0.05) is 19.6 Å². The van der Waals surface area contributed by atoms with Gasteiger partial charge in [-0.3, -0.25) is 4.79 Å². The fourth-order valence-corrected chi connectivity index (χ4v) is 2.30. The molecule has 0 saturated carbocycles.